The lowest BCUT2D eigenvalue weighted by atomic mass is 10.1. The van der Waals surface area contributed by atoms with Gasteiger partial charge in [-0.25, -0.2) is 4.79 Å². The molecule has 0 atom stereocenters. The van der Waals surface area contributed by atoms with Gasteiger partial charge in [-0.15, -0.1) is 0 Å². The minimum atomic E-state index is -0.312. The Bertz CT molecular complexity index is 662. The van der Waals surface area contributed by atoms with E-state index in [0.717, 1.165) is 11.1 Å². The molecule has 0 aromatic heterocycles. The van der Waals surface area contributed by atoms with E-state index in [1.165, 1.54) is 0 Å². The van der Waals surface area contributed by atoms with Gasteiger partial charge in [0.05, 0.1) is 5.02 Å². The molecule has 0 bridgehead atoms. The Hall–Kier alpha value is -1.91. The average molecular weight is 339 g/mol. The molecule has 0 spiro atoms. The lowest BCUT2D eigenvalue weighted by Crippen LogP contribution is -2.37. The summed E-state index contributed by atoms with van der Waals surface area (Å²) in [5.41, 5.74) is 2.20. The van der Waals surface area contributed by atoms with E-state index in [1.807, 2.05) is 31.2 Å². The second-order valence-corrected chi connectivity index (χ2v) is 5.49. The number of nitrogens with one attached hydrogen (secondary N) is 2. The van der Waals surface area contributed by atoms with Gasteiger partial charge in [-0.1, -0.05) is 47.5 Å². The SMILES string of the molecule is Cc1ccccc1CNC(=O)NCOc1ccc(Cl)cc1Cl. The minimum absolute atomic E-state index is 0.0148. The molecule has 0 aliphatic heterocycles. The van der Waals surface area contributed by atoms with Crippen LogP contribution < -0.4 is 15.4 Å². The van der Waals surface area contributed by atoms with E-state index < -0.39 is 0 Å². The van der Waals surface area contributed by atoms with Gasteiger partial charge in [-0.05, 0) is 36.2 Å². The van der Waals surface area contributed by atoms with Crippen LogP contribution in [0, 0.1) is 6.92 Å². The molecule has 2 rings (SSSR count). The van der Waals surface area contributed by atoms with Gasteiger partial charge in [-0.2, -0.15) is 0 Å². The first kappa shape index (κ1) is 16.5. The standard InChI is InChI=1S/C16H16Cl2N2O2/c1-11-4-2-3-5-12(11)9-19-16(21)20-10-22-15-7-6-13(17)8-14(15)18/h2-8H,9-10H2,1H3,(H2,19,20,21). The zero-order valence-corrected chi connectivity index (χ0v) is 13.5. The molecule has 0 radical (unpaired) electrons. The summed E-state index contributed by atoms with van der Waals surface area (Å²) in [4.78, 5) is 11.7. The minimum Gasteiger partial charge on any atom is -0.472 e. The van der Waals surface area contributed by atoms with Crippen LogP contribution in [-0.4, -0.2) is 12.8 Å². The second-order valence-electron chi connectivity index (χ2n) is 4.65. The molecule has 22 heavy (non-hydrogen) atoms. The predicted molar refractivity (Wildman–Crippen MR) is 88.5 cm³/mol. The van der Waals surface area contributed by atoms with Crippen LogP contribution in [0.5, 0.6) is 5.75 Å². The van der Waals surface area contributed by atoms with Gasteiger partial charge in [0, 0.05) is 11.6 Å². The van der Waals surface area contributed by atoms with Gasteiger partial charge < -0.3 is 15.4 Å². The highest BCUT2D eigenvalue weighted by molar-refractivity contribution is 6.35. The number of carbonyl (C=O) groups excluding carboxylic acids is 1. The molecular formula is C16H16Cl2N2O2. The number of halogens is 2. The summed E-state index contributed by atoms with van der Waals surface area (Å²) < 4.78 is 5.38. The average Bonchev–Trinajstić information content (AvgIpc) is 2.49. The maximum atomic E-state index is 11.7. The van der Waals surface area contributed by atoms with Crippen LogP contribution in [0.25, 0.3) is 0 Å². The van der Waals surface area contributed by atoms with E-state index in [9.17, 15) is 4.79 Å². The van der Waals surface area contributed by atoms with Gasteiger partial charge in [0.15, 0.2) is 6.73 Å². The maximum Gasteiger partial charge on any atom is 0.317 e. The third-order valence-corrected chi connectivity index (χ3v) is 3.59. The summed E-state index contributed by atoms with van der Waals surface area (Å²) in [6.07, 6.45) is 0. The molecule has 0 aliphatic rings. The van der Waals surface area contributed by atoms with E-state index in [-0.39, 0.29) is 12.8 Å². The highest BCUT2D eigenvalue weighted by atomic mass is 35.5. The molecule has 0 unspecified atom stereocenters. The molecule has 0 heterocycles. The van der Waals surface area contributed by atoms with Crippen molar-refractivity contribution in [1.82, 2.24) is 10.6 Å². The monoisotopic (exact) mass is 338 g/mol. The van der Waals surface area contributed by atoms with Crippen LogP contribution in [-0.2, 0) is 6.54 Å². The molecule has 2 N–H and O–H groups in total. The molecule has 4 nitrogen and oxygen atoms in total. The highest BCUT2D eigenvalue weighted by Gasteiger charge is 2.04. The Labute approximate surface area is 139 Å². The van der Waals surface area contributed by atoms with E-state index in [2.05, 4.69) is 10.6 Å². The lowest BCUT2D eigenvalue weighted by molar-refractivity contribution is 0.223. The Morgan fingerprint density at radius 1 is 1.14 bits per heavy atom. The fourth-order valence-electron chi connectivity index (χ4n) is 1.82. The largest absolute Gasteiger partial charge is 0.472 e. The van der Waals surface area contributed by atoms with E-state index in [4.69, 9.17) is 27.9 Å². The van der Waals surface area contributed by atoms with Crippen molar-refractivity contribution in [2.24, 2.45) is 0 Å². The van der Waals surface area contributed by atoms with E-state index in [1.54, 1.807) is 18.2 Å². The summed E-state index contributed by atoms with van der Waals surface area (Å²) in [7, 11) is 0. The number of aryl methyl sites for hydroxylation is 1. The zero-order valence-electron chi connectivity index (χ0n) is 12.0. The number of urea groups is 1. The molecule has 2 aromatic rings. The quantitative estimate of drug-likeness (QED) is 0.805. The van der Waals surface area contributed by atoms with Crippen molar-refractivity contribution < 1.29 is 9.53 Å². The Morgan fingerprint density at radius 3 is 2.64 bits per heavy atom. The molecule has 0 saturated carbocycles. The molecule has 6 heteroatoms. The third kappa shape index (κ3) is 4.83. The van der Waals surface area contributed by atoms with Crippen molar-refractivity contribution in [3.05, 3.63) is 63.6 Å². The first-order valence-electron chi connectivity index (χ1n) is 6.70. The van der Waals surface area contributed by atoms with Crippen LogP contribution in [0.2, 0.25) is 10.0 Å². The van der Waals surface area contributed by atoms with Crippen LogP contribution in [0.3, 0.4) is 0 Å². The van der Waals surface area contributed by atoms with Crippen LogP contribution in [0.1, 0.15) is 11.1 Å². The van der Waals surface area contributed by atoms with Crippen molar-refractivity contribution in [2.75, 3.05) is 6.73 Å². The van der Waals surface area contributed by atoms with Crippen LogP contribution in [0.4, 0.5) is 4.79 Å². The molecular weight excluding hydrogens is 323 g/mol. The summed E-state index contributed by atoms with van der Waals surface area (Å²) in [5.74, 6) is 0.463. The molecule has 2 amide bonds. The fraction of sp³-hybridized carbons (Fsp3) is 0.188. The van der Waals surface area contributed by atoms with Crippen molar-refractivity contribution in [1.29, 1.82) is 0 Å². The third-order valence-electron chi connectivity index (χ3n) is 3.05. The summed E-state index contributed by atoms with van der Waals surface area (Å²) in [6, 6.07) is 12.5. The summed E-state index contributed by atoms with van der Waals surface area (Å²) >= 11 is 11.8. The Kier molecular flexibility index (Phi) is 5.92. The van der Waals surface area contributed by atoms with Gasteiger partial charge in [-0.3, -0.25) is 0 Å². The number of hydrogen-bond acceptors (Lipinski definition) is 2. The summed E-state index contributed by atoms with van der Waals surface area (Å²) in [5, 5.41) is 6.29. The first-order chi connectivity index (χ1) is 10.6. The van der Waals surface area contributed by atoms with Gasteiger partial charge in [0.2, 0.25) is 0 Å². The van der Waals surface area contributed by atoms with Gasteiger partial charge in [0.25, 0.3) is 0 Å². The number of rotatable bonds is 5. The van der Waals surface area contributed by atoms with Crippen LogP contribution in [0.15, 0.2) is 42.5 Å². The zero-order chi connectivity index (χ0) is 15.9. The predicted octanol–water partition coefficient (Wildman–Crippen LogP) is 4.14. The Balaban J connectivity index is 1.75. The summed E-state index contributed by atoms with van der Waals surface area (Å²) in [6.45, 7) is 2.47. The van der Waals surface area contributed by atoms with Crippen molar-refractivity contribution >= 4 is 29.2 Å². The highest BCUT2D eigenvalue weighted by Crippen LogP contribution is 2.27. The number of ether oxygens (including phenoxy) is 1. The van der Waals surface area contributed by atoms with Gasteiger partial charge >= 0.3 is 6.03 Å². The van der Waals surface area contributed by atoms with Crippen LogP contribution >= 0.6 is 23.2 Å². The molecule has 2 aromatic carbocycles. The fourth-order valence-corrected chi connectivity index (χ4v) is 2.28. The van der Waals surface area contributed by atoms with Crippen molar-refractivity contribution in [3.8, 4) is 5.75 Å². The molecule has 0 saturated heterocycles. The Morgan fingerprint density at radius 2 is 1.91 bits per heavy atom. The molecule has 116 valence electrons. The topological polar surface area (TPSA) is 50.4 Å². The number of carbonyl (C=O) groups is 1. The van der Waals surface area contributed by atoms with E-state index >= 15 is 0 Å². The van der Waals surface area contributed by atoms with E-state index in [0.29, 0.717) is 22.3 Å². The smallest absolute Gasteiger partial charge is 0.317 e. The maximum absolute atomic E-state index is 11.7. The second kappa shape index (κ2) is 7.92. The lowest BCUT2D eigenvalue weighted by Gasteiger charge is -2.11. The normalized spacial score (nSPS) is 10.1. The molecule has 0 fully saturated rings. The van der Waals surface area contributed by atoms with Crippen molar-refractivity contribution in [2.45, 2.75) is 13.5 Å². The number of benzene rings is 2. The van der Waals surface area contributed by atoms with Crippen molar-refractivity contribution in [3.63, 3.8) is 0 Å². The van der Waals surface area contributed by atoms with Gasteiger partial charge in [0.1, 0.15) is 5.75 Å². The number of hydrogen-bond donors (Lipinski definition) is 2. The first-order valence-corrected chi connectivity index (χ1v) is 7.46. The molecule has 0 aliphatic carbocycles. The number of amides is 2.